The second kappa shape index (κ2) is 7.84. The molecule has 0 atom stereocenters. The van der Waals surface area contributed by atoms with Crippen LogP contribution in [-0.4, -0.2) is 25.3 Å². The second-order valence-electron chi connectivity index (χ2n) is 6.76. The minimum Gasteiger partial charge on any atom is -0.496 e. The SMILES string of the molecule is COc1cc(-c2cc(C(F)(F)F)nn2-c2ccc(S(N)(=O)=O)cc2)ccc1-c1ccco1. The first-order valence-corrected chi connectivity index (χ1v) is 10.7. The lowest BCUT2D eigenvalue weighted by Gasteiger charge is -2.11. The van der Waals surface area contributed by atoms with Crippen LogP contribution in [0.15, 0.2) is 76.2 Å². The molecule has 32 heavy (non-hydrogen) atoms. The quantitative estimate of drug-likeness (QED) is 0.471. The van der Waals surface area contributed by atoms with Gasteiger partial charge in [-0.1, -0.05) is 6.07 Å². The Balaban J connectivity index is 1.86. The van der Waals surface area contributed by atoms with Crippen molar-refractivity contribution in [3.63, 3.8) is 0 Å². The van der Waals surface area contributed by atoms with E-state index in [1.54, 1.807) is 30.3 Å². The lowest BCUT2D eigenvalue weighted by molar-refractivity contribution is -0.141. The number of halogens is 3. The van der Waals surface area contributed by atoms with Crippen molar-refractivity contribution in [1.82, 2.24) is 9.78 Å². The maximum atomic E-state index is 13.4. The van der Waals surface area contributed by atoms with E-state index in [2.05, 4.69) is 5.10 Å². The van der Waals surface area contributed by atoms with Crippen molar-refractivity contribution in [2.45, 2.75) is 11.1 Å². The van der Waals surface area contributed by atoms with E-state index in [1.807, 2.05) is 0 Å². The number of methoxy groups -OCH3 is 1. The maximum Gasteiger partial charge on any atom is 0.435 e. The van der Waals surface area contributed by atoms with Gasteiger partial charge in [0.25, 0.3) is 0 Å². The Morgan fingerprint density at radius 1 is 1.06 bits per heavy atom. The molecule has 0 fully saturated rings. The van der Waals surface area contributed by atoms with Crippen molar-refractivity contribution in [3.05, 3.63) is 72.6 Å². The fraction of sp³-hybridized carbons (Fsp3) is 0.0952. The predicted octanol–water partition coefficient (Wildman–Crippen LogP) is 4.47. The summed E-state index contributed by atoms with van der Waals surface area (Å²) in [4.78, 5) is -0.171. The number of benzene rings is 2. The van der Waals surface area contributed by atoms with Gasteiger partial charge in [0.1, 0.15) is 11.5 Å². The van der Waals surface area contributed by atoms with Gasteiger partial charge in [-0.3, -0.25) is 0 Å². The van der Waals surface area contributed by atoms with Gasteiger partial charge in [-0.15, -0.1) is 0 Å². The molecule has 0 aliphatic carbocycles. The molecule has 2 aromatic carbocycles. The molecule has 0 saturated carbocycles. The van der Waals surface area contributed by atoms with Crippen LogP contribution >= 0.6 is 0 Å². The number of nitrogens with zero attached hydrogens (tertiary/aromatic N) is 2. The van der Waals surface area contributed by atoms with Gasteiger partial charge in [0.05, 0.1) is 35.2 Å². The number of hydrogen-bond acceptors (Lipinski definition) is 5. The van der Waals surface area contributed by atoms with E-state index in [0.717, 1.165) is 10.7 Å². The number of sulfonamides is 1. The van der Waals surface area contributed by atoms with Crippen LogP contribution in [0.1, 0.15) is 5.69 Å². The molecule has 11 heteroatoms. The molecule has 0 saturated heterocycles. The molecule has 0 spiro atoms. The molecule has 0 aliphatic heterocycles. The molecule has 0 unspecified atom stereocenters. The summed E-state index contributed by atoms with van der Waals surface area (Å²) >= 11 is 0. The Hall–Kier alpha value is -3.57. The van der Waals surface area contributed by atoms with Crippen molar-refractivity contribution in [3.8, 4) is 34.0 Å². The van der Waals surface area contributed by atoms with Gasteiger partial charge in [-0.2, -0.15) is 18.3 Å². The molecule has 0 bridgehead atoms. The highest BCUT2D eigenvalue weighted by Crippen LogP contribution is 2.37. The Morgan fingerprint density at radius 2 is 1.78 bits per heavy atom. The largest absolute Gasteiger partial charge is 0.496 e. The normalized spacial score (nSPS) is 12.2. The van der Waals surface area contributed by atoms with Crippen molar-refractivity contribution in [2.75, 3.05) is 7.11 Å². The molecule has 2 aromatic heterocycles. The van der Waals surface area contributed by atoms with E-state index in [0.29, 0.717) is 22.6 Å². The van der Waals surface area contributed by atoms with E-state index in [4.69, 9.17) is 14.3 Å². The topological polar surface area (TPSA) is 100 Å². The highest BCUT2D eigenvalue weighted by Gasteiger charge is 2.35. The van der Waals surface area contributed by atoms with Gasteiger partial charge >= 0.3 is 6.18 Å². The zero-order valence-corrected chi connectivity index (χ0v) is 17.3. The summed E-state index contributed by atoms with van der Waals surface area (Å²) in [5.74, 6) is 0.930. The third-order valence-corrected chi connectivity index (χ3v) is 5.62. The minimum absolute atomic E-state index is 0.130. The number of nitrogens with two attached hydrogens (primary N) is 1. The number of ether oxygens (including phenoxy) is 1. The molecule has 0 radical (unpaired) electrons. The first-order valence-electron chi connectivity index (χ1n) is 9.11. The van der Waals surface area contributed by atoms with Crippen LogP contribution in [0.25, 0.3) is 28.3 Å². The van der Waals surface area contributed by atoms with E-state index >= 15 is 0 Å². The molecule has 7 nitrogen and oxygen atoms in total. The smallest absolute Gasteiger partial charge is 0.435 e. The molecule has 4 aromatic rings. The van der Waals surface area contributed by atoms with Gasteiger partial charge in [-0.25, -0.2) is 18.2 Å². The first kappa shape index (κ1) is 21.7. The van der Waals surface area contributed by atoms with Crippen molar-refractivity contribution < 1.29 is 30.7 Å². The lowest BCUT2D eigenvalue weighted by Crippen LogP contribution is -2.12. The van der Waals surface area contributed by atoms with Crippen molar-refractivity contribution >= 4 is 10.0 Å². The van der Waals surface area contributed by atoms with Gasteiger partial charge in [0.15, 0.2) is 5.69 Å². The molecule has 2 heterocycles. The molecule has 166 valence electrons. The van der Waals surface area contributed by atoms with Crippen LogP contribution < -0.4 is 9.88 Å². The average molecular weight is 463 g/mol. The average Bonchev–Trinajstić information content (AvgIpc) is 3.43. The third kappa shape index (κ3) is 4.12. The Bertz CT molecular complexity index is 1360. The highest BCUT2D eigenvalue weighted by molar-refractivity contribution is 7.89. The number of furan rings is 1. The van der Waals surface area contributed by atoms with Gasteiger partial charge in [0.2, 0.25) is 10.0 Å². The van der Waals surface area contributed by atoms with E-state index in [1.165, 1.54) is 37.6 Å². The fourth-order valence-electron chi connectivity index (χ4n) is 3.19. The van der Waals surface area contributed by atoms with Crippen molar-refractivity contribution in [2.24, 2.45) is 5.14 Å². The number of aromatic nitrogens is 2. The Morgan fingerprint density at radius 3 is 2.34 bits per heavy atom. The van der Waals surface area contributed by atoms with Crippen LogP contribution in [0.3, 0.4) is 0 Å². The zero-order chi connectivity index (χ0) is 23.1. The Kier molecular flexibility index (Phi) is 5.31. The van der Waals surface area contributed by atoms with E-state index in [-0.39, 0.29) is 16.3 Å². The molecule has 4 rings (SSSR count). The molecule has 2 N–H and O–H groups in total. The molecular formula is C21H16F3N3O4S. The summed E-state index contributed by atoms with van der Waals surface area (Å²) in [5, 5.41) is 8.79. The standard InChI is InChI=1S/C21H16F3N3O4S/c1-30-19-11-13(4-9-16(19)18-3-2-10-31-18)17-12-20(21(22,23)24)26-27(17)14-5-7-15(8-6-14)32(25,28)29/h2-12H,1H3,(H2,25,28,29). The summed E-state index contributed by atoms with van der Waals surface area (Å²) < 4.78 is 75.1. The number of alkyl halides is 3. The predicted molar refractivity (Wildman–Crippen MR) is 110 cm³/mol. The number of rotatable bonds is 5. The van der Waals surface area contributed by atoms with Gasteiger partial charge < -0.3 is 9.15 Å². The van der Waals surface area contributed by atoms with Gasteiger partial charge in [-0.05, 0) is 54.6 Å². The number of hydrogen-bond donors (Lipinski definition) is 1. The molecule has 0 amide bonds. The summed E-state index contributed by atoms with van der Waals surface area (Å²) in [6.07, 6.45) is -3.18. The number of primary sulfonamides is 1. The van der Waals surface area contributed by atoms with Gasteiger partial charge in [0, 0.05) is 5.56 Å². The molecule has 0 aliphatic rings. The van der Waals surface area contributed by atoms with Crippen LogP contribution in [0.5, 0.6) is 5.75 Å². The summed E-state index contributed by atoms with van der Waals surface area (Å²) in [6.45, 7) is 0. The third-order valence-electron chi connectivity index (χ3n) is 4.69. The van der Waals surface area contributed by atoms with Crippen LogP contribution in [-0.2, 0) is 16.2 Å². The van der Waals surface area contributed by atoms with Crippen LogP contribution in [0.4, 0.5) is 13.2 Å². The highest BCUT2D eigenvalue weighted by atomic mass is 32.2. The van der Waals surface area contributed by atoms with E-state index < -0.39 is 21.9 Å². The lowest BCUT2D eigenvalue weighted by atomic mass is 10.1. The molecular weight excluding hydrogens is 447 g/mol. The second-order valence-corrected chi connectivity index (χ2v) is 8.32. The summed E-state index contributed by atoms with van der Waals surface area (Å²) in [6, 6.07) is 14.3. The zero-order valence-electron chi connectivity index (χ0n) is 16.5. The Labute approximate surface area is 180 Å². The summed E-state index contributed by atoms with van der Waals surface area (Å²) in [7, 11) is -2.51. The minimum atomic E-state index is -4.68. The van der Waals surface area contributed by atoms with E-state index in [9.17, 15) is 21.6 Å². The fourth-order valence-corrected chi connectivity index (χ4v) is 3.70. The van der Waals surface area contributed by atoms with Crippen LogP contribution in [0.2, 0.25) is 0 Å². The van der Waals surface area contributed by atoms with Crippen LogP contribution in [0, 0.1) is 0 Å². The maximum absolute atomic E-state index is 13.4. The first-order chi connectivity index (χ1) is 15.1. The monoisotopic (exact) mass is 463 g/mol. The van der Waals surface area contributed by atoms with Crippen molar-refractivity contribution in [1.29, 1.82) is 0 Å². The summed E-state index contributed by atoms with van der Waals surface area (Å²) in [5.41, 5.74) is 0.274.